The number of aromatic nitrogens is 2. The summed E-state index contributed by atoms with van der Waals surface area (Å²) >= 11 is 5.92. The second-order valence-electron chi connectivity index (χ2n) is 8.26. The molecule has 180 valence electrons. The van der Waals surface area contributed by atoms with Gasteiger partial charge in [-0.25, -0.2) is 9.97 Å². The first-order valence-electron chi connectivity index (χ1n) is 10.5. The molecule has 2 aliphatic heterocycles. The van der Waals surface area contributed by atoms with E-state index in [1.807, 2.05) is 24.3 Å². The van der Waals surface area contributed by atoms with Crippen LogP contribution in [0, 0.1) is 0 Å². The third-order valence-corrected chi connectivity index (χ3v) is 6.24. The predicted octanol–water partition coefficient (Wildman–Crippen LogP) is 4.56. The summed E-state index contributed by atoms with van der Waals surface area (Å²) < 4.78 is 78.6. The third kappa shape index (κ3) is 5.88. The maximum atomic E-state index is 13.1. The molecule has 2 aromatic rings. The Morgan fingerprint density at radius 2 is 1.42 bits per heavy atom. The lowest BCUT2D eigenvalue weighted by Gasteiger charge is -2.38. The Morgan fingerprint density at radius 1 is 0.848 bits per heavy atom. The average Bonchev–Trinajstić information content (AvgIpc) is 3.25. The van der Waals surface area contributed by atoms with Crippen LogP contribution in [-0.4, -0.2) is 65.1 Å². The molecule has 2 fully saturated rings. The third-order valence-electron chi connectivity index (χ3n) is 5.98. The molecule has 0 saturated carbocycles. The lowest BCUT2D eigenvalue weighted by molar-refractivity contribution is -0.147. The fraction of sp³-hybridized carbons (Fsp3) is 0.524. The zero-order valence-electron chi connectivity index (χ0n) is 17.5. The second-order valence-corrected chi connectivity index (χ2v) is 8.70. The van der Waals surface area contributed by atoms with Crippen LogP contribution in [0.15, 0.2) is 30.3 Å². The summed E-state index contributed by atoms with van der Waals surface area (Å²) in [5.74, 6) is -0.527. The lowest BCUT2D eigenvalue weighted by Crippen LogP contribution is -2.50. The monoisotopic (exact) mass is 493 g/mol. The van der Waals surface area contributed by atoms with Gasteiger partial charge in [0.25, 0.3) is 0 Å². The van der Waals surface area contributed by atoms with Gasteiger partial charge in [0.05, 0.1) is 0 Å². The van der Waals surface area contributed by atoms with Gasteiger partial charge in [0, 0.05) is 56.9 Å². The molecule has 0 radical (unpaired) electrons. The van der Waals surface area contributed by atoms with Crippen LogP contribution in [0.4, 0.5) is 32.3 Å². The summed E-state index contributed by atoms with van der Waals surface area (Å²) in [6.45, 7) is 4.55. The molecule has 2 saturated heterocycles. The minimum absolute atomic E-state index is 0.0233. The first-order chi connectivity index (χ1) is 15.5. The van der Waals surface area contributed by atoms with E-state index in [1.165, 1.54) is 4.90 Å². The van der Waals surface area contributed by atoms with Crippen molar-refractivity contribution in [2.24, 2.45) is 0 Å². The van der Waals surface area contributed by atoms with Gasteiger partial charge in [-0.05, 0) is 30.2 Å². The molecule has 0 aliphatic carbocycles. The number of piperazine rings is 1. The number of nitrogens with zero attached hydrogens (tertiary/aromatic N) is 5. The van der Waals surface area contributed by atoms with E-state index in [2.05, 4.69) is 19.8 Å². The number of rotatable bonds is 4. The highest BCUT2D eigenvalue weighted by molar-refractivity contribution is 6.30. The van der Waals surface area contributed by atoms with Crippen molar-refractivity contribution in [1.29, 1.82) is 0 Å². The zero-order valence-corrected chi connectivity index (χ0v) is 18.3. The van der Waals surface area contributed by atoms with Crippen molar-refractivity contribution in [3.63, 3.8) is 0 Å². The standard InChI is InChI=1S/C21H22ClF6N5/c22-15-3-1-14(2-4-15)12-31-7-9-32(10-8-31)16-5-6-33(13-16)19-29-17(20(23,24)25)11-18(30-19)21(26,27)28/h1-4,11,16H,5-10,12-13H2. The van der Waals surface area contributed by atoms with Crippen molar-refractivity contribution >= 4 is 17.5 Å². The van der Waals surface area contributed by atoms with Gasteiger partial charge in [-0.1, -0.05) is 23.7 Å². The molecule has 1 aromatic carbocycles. The Labute approximate surface area is 192 Å². The van der Waals surface area contributed by atoms with Gasteiger partial charge in [0.1, 0.15) is 0 Å². The summed E-state index contributed by atoms with van der Waals surface area (Å²) in [4.78, 5) is 12.7. The molecule has 1 atom stereocenters. The van der Waals surface area contributed by atoms with Crippen LogP contribution < -0.4 is 4.90 Å². The Kier molecular flexibility index (Phi) is 6.75. The minimum atomic E-state index is -4.99. The number of benzene rings is 1. The molecule has 0 bridgehead atoms. The van der Waals surface area contributed by atoms with E-state index >= 15 is 0 Å². The summed E-state index contributed by atoms with van der Waals surface area (Å²) in [7, 11) is 0. The molecule has 5 nitrogen and oxygen atoms in total. The van der Waals surface area contributed by atoms with Gasteiger partial charge in [-0.15, -0.1) is 0 Å². The molecule has 0 amide bonds. The largest absolute Gasteiger partial charge is 0.433 e. The van der Waals surface area contributed by atoms with Gasteiger partial charge >= 0.3 is 12.4 Å². The molecule has 2 aliphatic rings. The molecular formula is C21H22ClF6N5. The Bertz CT molecular complexity index is 925. The molecule has 1 aromatic heterocycles. The van der Waals surface area contributed by atoms with Crippen LogP contribution in [0.5, 0.6) is 0 Å². The average molecular weight is 494 g/mol. The quantitative estimate of drug-likeness (QED) is 0.583. The van der Waals surface area contributed by atoms with Gasteiger partial charge < -0.3 is 4.90 Å². The number of alkyl halides is 6. The number of halogens is 7. The van der Waals surface area contributed by atoms with E-state index in [1.54, 1.807) is 0 Å². The minimum Gasteiger partial charge on any atom is -0.339 e. The van der Waals surface area contributed by atoms with E-state index in [0.29, 0.717) is 18.0 Å². The van der Waals surface area contributed by atoms with E-state index in [9.17, 15) is 26.3 Å². The topological polar surface area (TPSA) is 35.5 Å². The van der Waals surface area contributed by atoms with Gasteiger partial charge in [0.2, 0.25) is 5.95 Å². The highest BCUT2D eigenvalue weighted by Gasteiger charge is 2.41. The van der Waals surface area contributed by atoms with Gasteiger partial charge in [-0.3, -0.25) is 9.80 Å². The summed E-state index contributed by atoms with van der Waals surface area (Å²) in [5.41, 5.74) is -2.01. The number of hydrogen-bond acceptors (Lipinski definition) is 5. The fourth-order valence-corrected chi connectivity index (χ4v) is 4.35. The SMILES string of the molecule is FC(F)(F)c1cc(C(F)(F)F)nc(N2CCC(N3CCN(Cc4ccc(Cl)cc4)CC3)C2)n1. The smallest absolute Gasteiger partial charge is 0.339 e. The lowest BCUT2D eigenvalue weighted by atomic mass is 10.1. The molecule has 0 spiro atoms. The van der Waals surface area contributed by atoms with Crippen LogP contribution in [0.2, 0.25) is 5.02 Å². The Balaban J connectivity index is 1.38. The van der Waals surface area contributed by atoms with Crippen molar-refractivity contribution in [3.05, 3.63) is 52.3 Å². The van der Waals surface area contributed by atoms with Crippen LogP contribution >= 0.6 is 11.6 Å². The molecular weight excluding hydrogens is 472 g/mol. The molecule has 0 N–H and O–H groups in total. The first kappa shape index (κ1) is 24.0. The molecule has 4 rings (SSSR count). The molecule has 12 heteroatoms. The summed E-state index contributed by atoms with van der Waals surface area (Å²) in [5, 5.41) is 0.682. The molecule has 3 heterocycles. The van der Waals surface area contributed by atoms with Crippen molar-refractivity contribution in [3.8, 4) is 0 Å². The predicted molar refractivity (Wildman–Crippen MR) is 111 cm³/mol. The van der Waals surface area contributed by atoms with Gasteiger partial charge in [0.15, 0.2) is 11.4 Å². The van der Waals surface area contributed by atoms with Crippen molar-refractivity contribution in [2.75, 3.05) is 44.2 Å². The molecule has 33 heavy (non-hydrogen) atoms. The maximum Gasteiger partial charge on any atom is 0.433 e. The number of hydrogen-bond donors (Lipinski definition) is 0. The summed E-state index contributed by atoms with van der Waals surface area (Å²) in [6, 6.07) is 7.63. The van der Waals surface area contributed by atoms with E-state index in [0.717, 1.165) is 38.3 Å². The molecule has 1 unspecified atom stereocenters. The second kappa shape index (κ2) is 9.27. The zero-order chi connectivity index (χ0) is 23.8. The Morgan fingerprint density at radius 3 is 1.97 bits per heavy atom. The van der Waals surface area contributed by atoms with Crippen LogP contribution in [-0.2, 0) is 18.9 Å². The van der Waals surface area contributed by atoms with Crippen LogP contribution in [0.3, 0.4) is 0 Å². The fourth-order valence-electron chi connectivity index (χ4n) is 4.22. The van der Waals surface area contributed by atoms with Gasteiger partial charge in [-0.2, -0.15) is 26.3 Å². The summed E-state index contributed by atoms with van der Waals surface area (Å²) in [6.07, 6.45) is -9.35. The maximum absolute atomic E-state index is 13.1. The van der Waals surface area contributed by atoms with Crippen molar-refractivity contribution < 1.29 is 26.3 Å². The number of anilines is 1. The van der Waals surface area contributed by atoms with E-state index < -0.39 is 29.7 Å². The van der Waals surface area contributed by atoms with Crippen molar-refractivity contribution in [1.82, 2.24) is 19.8 Å². The van der Waals surface area contributed by atoms with E-state index in [4.69, 9.17) is 11.6 Å². The highest BCUT2D eigenvalue weighted by atomic mass is 35.5. The first-order valence-corrected chi connectivity index (χ1v) is 10.9. The normalized spacial score (nSPS) is 21.1. The van der Waals surface area contributed by atoms with Crippen LogP contribution in [0.25, 0.3) is 0 Å². The van der Waals surface area contributed by atoms with Crippen molar-refractivity contribution in [2.45, 2.75) is 31.4 Å². The van der Waals surface area contributed by atoms with Crippen LogP contribution in [0.1, 0.15) is 23.4 Å². The highest BCUT2D eigenvalue weighted by Crippen LogP contribution is 2.35. The van der Waals surface area contributed by atoms with E-state index in [-0.39, 0.29) is 18.7 Å². The Hall–Kier alpha value is -2.11.